The lowest BCUT2D eigenvalue weighted by Crippen LogP contribution is -2.20. The van der Waals surface area contributed by atoms with Gasteiger partial charge in [-0.15, -0.1) is 0 Å². The summed E-state index contributed by atoms with van der Waals surface area (Å²) in [6, 6.07) is 4.80. The third-order valence-corrected chi connectivity index (χ3v) is 2.58. The fraction of sp³-hybridized carbons (Fsp3) is 0.462. The Bertz CT molecular complexity index is 410. The van der Waals surface area contributed by atoms with E-state index in [2.05, 4.69) is 4.74 Å². The fourth-order valence-electron chi connectivity index (χ4n) is 1.58. The van der Waals surface area contributed by atoms with Gasteiger partial charge in [0.15, 0.2) is 0 Å². The third-order valence-electron chi connectivity index (χ3n) is 2.58. The van der Waals surface area contributed by atoms with Gasteiger partial charge in [-0.1, -0.05) is 19.9 Å². The van der Waals surface area contributed by atoms with Crippen LogP contribution in [0.4, 0.5) is 0 Å². The highest BCUT2D eigenvalue weighted by atomic mass is 16.5. The lowest BCUT2D eigenvalue weighted by atomic mass is 9.86. The fourth-order valence-corrected chi connectivity index (χ4v) is 1.58. The van der Waals surface area contributed by atoms with Gasteiger partial charge in [0.25, 0.3) is 0 Å². The van der Waals surface area contributed by atoms with Crippen LogP contribution in [0.5, 0.6) is 5.75 Å². The second-order valence-electron chi connectivity index (χ2n) is 4.84. The lowest BCUT2D eigenvalue weighted by molar-refractivity contribution is 0.0597. The molecule has 0 heterocycles. The van der Waals surface area contributed by atoms with Crippen molar-refractivity contribution in [1.82, 2.24) is 0 Å². The second kappa shape index (κ2) is 5.19. The van der Waals surface area contributed by atoms with Crippen molar-refractivity contribution in [3.05, 3.63) is 29.3 Å². The molecule has 1 rings (SSSR count). The molecule has 2 N–H and O–H groups in total. The smallest absolute Gasteiger partial charge is 0.341 e. The maximum absolute atomic E-state index is 11.4. The van der Waals surface area contributed by atoms with E-state index in [1.807, 2.05) is 13.8 Å². The summed E-state index contributed by atoms with van der Waals surface area (Å²) in [7, 11) is 1.27. The third kappa shape index (κ3) is 3.46. The quantitative estimate of drug-likeness (QED) is 0.784. The van der Waals surface area contributed by atoms with Gasteiger partial charge in [-0.3, -0.25) is 0 Å². The monoisotopic (exact) mass is 238 g/mol. The number of phenols is 1. The molecule has 0 amide bonds. The van der Waals surface area contributed by atoms with Gasteiger partial charge in [0.05, 0.1) is 7.11 Å². The largest absolute Gasteiger partial charge is 0.507 e. The Labute approximate surface area is 101 Å². The molecule has 4 heteroatoms. The summed E-state index contributed by atoms with van der Waals surface area (Å²) in [5, 5.41) is 18.7. The summed E-state index contributed by atoms with van der Waals surface area (Å²) in [6.07, 6.45) is 0.619. The van der Waals surface area contributed by atoms with Crippen LogP contribution in [0.15, 0.2) is 18.2 Å². The lowest BCUT2D eigenvalue weighted by Gasteiger charge is -2.21. The minimum Gasteiger partial charge on any atom is -0.507 e. The number of carbonyl (C=O) groups is 1. The molecule has 0 aliphatic carbocycles. The second-order valence-corrected chi connectivity index (χ2v) is 4.84. The summed E-state index contributed by atoms with van der Waals surface area (Å²) in [6.45, 7) is 3.91. The number of aliphatic hydroxyl groups is 1. The molecule has 17 heavy (non-hydrogen) atoms. The van der Waals surface area contributed by atoms with Crippen LogP contribution in [0, 0.1) is 5.41 Å². The van der Waals surface area contributed by atoms with Crippen molar-refractivity contribution in [1.29, 1.82) is 0 Å². The molecule has 0 unspecified atom stereocenters. The first-order valence-corrected chi connectivity index (χ1v) is 5.41. The van der Waals surface area contributed by atoms with E-state index in [9.17, 15) is 15.0 Å². The van der Waals surface area contributed by atoms with E-state index in [4.69, 9.17) is 0 Å². The molecule has 0 saturated carbocycles. The Balaban J connectivity index is 3.01. The molecule has 0 bridgehead atoms. The predicted octanol–water partition coefficient (Wildman–Crippen LogP) is 1.74. The van der Waals surface area contributed by atoms with Crippen molar-refractivity contribution in [2.24, 2.45) is 5.41 Å². The number of methoxy groups -OCH3 is 1. The number of hydrogen-bond acceptors (Lipinski definition) is 4. The van der Waals surface area contributed by atoms with E-state index in [1.165, 1.54) is 13.2 Å². The molecule has 94 valence electrons. The minimum absolute atomic E-state index is 0.0570. The Morgan fingerprint density at radius 1 is 1.41 bits per heavy atom. The Kier molecular flexibility index (Phi) is 4.12. The number of aliphatic hydroxyl groups excluding tert-OH is 1. The zero-order valence-corrected chi connectivity index (χ0v) is 10.4. The van der Waals surface area contributed by atoms with Crippen molar-refractivity contribution in [2.45, 2.75) is 20.3 Å². The van der Waals surface area contributed by atoms with Gasteiger partial charge in [-0.05, 0) is 29.5 Å². The van der Waals surface area contributed by atoms with Crippen LogP contribution in [0.3, 0.4) is 0 Å². The van der Waals surface area contributed by atoms with Crippen LogP contribution < -0.4 is 0 Å². The standard InChI is InChI=1S/C13H18O4/c1-13(2,8-14)7-9-4-5-11(15)10(6-9)12(16)17-3/h4-6,14-15H,7-8H2,1-3H3. The van der Waals surface area contributed by atoms with Gasteiger partial charge in [0, 0.05) is 6.61 Å². The zero-order valence-electron chi connectivity index (χ0n) is 10.4. The first kappa shape index (κ1) is 13.5. The van der Waals surface area contributed by atoms with E-state index in [0.717, 1.165) is 5.56 Å². The molecule has 1 aromatic carbocycles. The Hall–Kier alpha value is -1.55. The minimum atomic E-state index is -0.564. The molecule has 0 saturated heterocycles. The van der Waals surface area contributed by atoms with Crippen LogP contribution in [-0.4, -0.2) is 29.9 Å². The molecule has 0 aromatic heterocycles. The number of ether oxygens (including phenoxy) is 1. The molecule has 0 aliphatic heterocycles. The summed E-state index contributed by atoms with van der Waals surface area (Å²) in [5.74, 6) is -0.659. The molecule has 0 radical (unpaired) electrons. The van der Waals surface area contributed by atoms with Crippen molar-refractivity contribution >= 4 is 5.97 Å². The Morgan fingerprint density at radius 2 is 2.06 bits per heavy atom. The highest BCUT2D eigenvalue weighted by Crippen LogP contribution is 2.25. The summed E-state index contributed by atoms with van der Waals surface area (Å²) in [4.78, 5) is 11.4. The van der Waals surface area contributed by atoms with Gasteiger partial charge in [0.2, 0.25) is 0 Å². The zero-order chi connectivity index (χ0) is 13.1. The van der Waals surface area contributed by atoms with Crippen molar-refractivity contribution in [3.8, 4) is 5.75 Å². The van der Waals surface area contributed by atoms with Crippen molar-refractivity contribution < 1.29 is 19.7 Å². The van der Waals surface area contributed by atoms with E-state index >= 15 is 0 Å². The van der Waals surface area contributed by atoms with Gasteiger partial charge in [0.1, 0.15) is 11.3 Å². The normalized spacial score (nSPS) is 11.3. The van der Waals surface area contributed by atoms with E-state index < -0.39 is 5.97 Å². The highest BCUT2D eigenvalue weighted by Gasteiger charge is 2.19. The number of esters is 1. The summed E-state index contributed by atoms with van der Waals surface area (Å²) >= 11 is 0. The van der Waals surface area contributed by atoms with Crippen LogP contribution in [-0.2, 0) is 11.2 Å². The maximum Gasteiger partial charge on any atom is 0.341 e. The maximum atomic E-state index is 11.4. The van der Waals surface area contributed by atoms with Gasteiger partial charge < -0.3 is 14.9 Å². The van der Waals surface area contributed by atoms with Gasteiger partial charge in [-0.25, -0.2) is 4.79 Å². The molecular weight excluding hydrogens is 220 g/mol. The number of aromatic hydroxyl groups is 1. The number of hydrogen-bond donors (Lipinski definition) is 2. The van der Waals surface area contributed by atoms with E-state index in [-0.39, 0.29) is 23.3 Å². The number of rotatable bonds is 4. The van der Waals surface area contributed by atoms with E-state index in [1.54, 1.807) is 12.1 Å². The van der Waals surface area contributed by atoms with Gasteiger partial charge in [-0.2, -0.15) is 0 Å². The first-order chi connectivity index (χ1) is 7.89. The topological polar surface area (TPSA) is 66.8 Å². The number of carbonyl (C=O) groups excluding carboxylic acids is 1. The van der Waals surface area contributed by atoms with Crippen molar-refractivity contribution in [3.63, 3.8) is 0 Å². The van der Waals surface area contributed by atoms with Crippen LogP contribution >= 0.6 is 0 Å². The van der Waals surface area contributed by atoms with E-state index in [0.29, 0.717) is 6.42 Å². The van der Waals surface area contributed by atoms with Crippen LogP contribution in [0.1, 0.15) is 29.8 Å². The average molecular weight is 238 g/mol. The summed E-state index contributed by atoms with van der Waals surface area (Å²) in [5.41, 5.74) is 0.769. The van der Waals surface area contributed by atoms with Crippen LogP contribution in [0.25, 0.3) is 0 Å². The van der Waals surface area contributed by atoms with Crippen LogP contribution in [0.2, 0.25) is 0 Å². The molecular formula is C13H18O4. The highest BCUT2D eigenvalue weighted by molar-refractivity contribution is 5.92. The number of phenolic OH excluding ortho intramolecular Hbond substituents is 1. The predicted molar refractivity (Wildman–Crippen MR) is 64.0 cm³/mol. The first-order valence-electron chi connectivity index (χ1n) is 5.41. The Morgan fingerprint density at radius 3 is 2.59 bits per heavy atom. The molecule has 0 aliphatic rings. The number of benzene rings is 1. The molecule has 0 atom stereocenters. The van der Waals surface area contributed by atoms with Gasteiger partial charge >= 0.3 is 5.97 Å². The average Bonchev–Trinajstić information content (AvgIpc) is 2.30. The molecule has 0 fully saturated rings. The molecule has 0 spiro atoms. The SMILES string of the molecule is COC(=O)c1cc(CC(C)(C)CO)ccc1O. The molecule has 1 aromatic rings. The summed E-state index contributed by atoms with van der Waals surface area (Å²) < 4.78 is 4.58. The molecule has 4 nitrogen and oxygen atoms in total. The van der Waals surface area contributed by atoms with Crippen molar-refractivity contribution in [2.75, 3.05) is 13.7 Å².